The number of halogens is 4. The van der Waals surface area contributed by atoms with Gasteiger partial charge in [-0.2, -0.15) is 13.2 Å². The number of carbonyl (C=O) groups excluding carboxylic acids is 1. The zero-order chi connectivity index (χ0) is 14.0. The van der Waals surface area contributed by atoms with Crippen molar-refractivity contribution in [2.75, 3.05) is 13.2 Å². The van der Waals surface area contributed by atoms with E-state index in [0.29, 0.717) is 25.2 Å². The smallest absolute Gasteiger partial charge is 0.419 e. The first kappa shape index (κ1) is 13.8. The quantitative estimate of drug-likeness (QED) is 0.616. The lowest BCUT2D eigenvalue weighted by Crippen LogP contribution is -2.19. The van der Waals surface area contributed by atoms with Crippen LogP contribution in [0.2, 0.25) is 0 Å². The Bertz CT molecular complexity index is 478. The predicted octanol–water partition coefficient (Wildman–Crippen LogP) is 2.79. The average molecular weight is 278 g/mol. The summed E-state index contributed by atoms with van der Waals surface area (Å²) in [5.74, 6) is -2.34. The van der Waals surface area contributed by atoms with E-state index in [1.165, 1.54) is 0 Å². The monoisotopic (exact) mass is 278 g/mol. The van der Waals surface area contributed by atoms with E-state index >= 15 is 0 Å². The zero-order valence-electron chi connectivity index (χ0n) is 9.67. The lowest BCUT2D eigenvalue weighted by molar-refractivity contribution is -0.140. The minimum absolute atomic E-state index is 0.221. The number of ether oxygens (including phenoxy) is 2. The zero-order valence-corrected chi connectivity index (χ0v) is 9.67. The van der Waals surface area contributed by atoms with Crippen LogP contribution in [-0.2, 0) is 15.7 Å². The fourth-order valence-corrected chi connectivity index (χ4v) is 1.69. The molecule has 1 heterocycles. The summed E-state index contributed by atoms with van der Waals surface area (Å²) in [4.78, 5) is 11.6. The first-order valence-electron chi connectivity index (χ1n) is 5.53. The van der Waals surface area contributed by atoms with Gasteiger partial charge in [0.2, 0.25) is 0 Å². The van der Waals surface area contributed by atoms with Crippen LogP contribution in [0.5, 0.6) is 0 Å². The minimum atomic E-state index is -4.85. The molecule has 1 aromatic rings. The van der Waals surface area contributed by atoms with Crippen LogP contribution in [0, 0.1) is 5.82 Å². The number of benzene rings is 1. The molecule has 0 radical (unpaired) electrons. The number of rotatable bonds is 2. The molecule has 1 unspecified atom stereocenters. The summed E-state index contributed by atoms with van der Waals surface area (Å²) in [7, 11) is 0. The van der Waals surface area contributed by atoms with E-state index in [1.807, 2.05) is 0 Å². The molecule has 0 N–H and O–H groups in total. The number of hydrogen-bond acceptors (Lipinski definition) is 3. The SMILES string of the molecule is O=C(OC1CCOC1)c1ccc(F)c(C(F)(F)F)c1. The summed E-state index contributed by atoms with van der Waals surface area (Å²) in [6.45, 7) is 0.661. The van der Waals surface area contributed by atoms with Crippen LogP contribution in [-0.4, -0.2) is 25.3 Å². The minimum Gasteiger partial charge on any atom is -0.456 e. The Hall–Kier alpha value is -1.63. The molecule has 0 aromatic heterocycles. The maximum Gasteiger partial charge on any atom is 0.419 e. The topological polar surface area (TPSA) is 35.5 Å². The Morgan fingerprint density at radius 2 is 2.11 bits per heavy atom. The summed E-state index contributed by atoms with van der Waals surface area (Å²) in [6.07, 6.45) is -4.82. The lowest BCUT2D eigenvalue weighted by Gasteiger charge is -2.12. The molecule has 1 aromatic carbocycles. The first-order valence-corrected chi connectivity index (χ1v) is 5.53. The van der Waals surface area contributed by atoms with Crippen molar-refractivity contribution in [1.82, 2.24) is 0 Å². The standard InChI is InChI=1S/C12H10F4O3/c13-10-2-1-7(5-9(10)12(14,15)16)11(17)19-8-3-4-18-6-8/h1-2,5,8H,3-4,6H2. The summed E-state index contributed by atoms with van der Waals surface area (Å²) in [5, 5.41) is 0. The predicted molar refractivity (Wildman–Crippen MR) is 56.0 cm³/mol. The largest absolute Gasteiger partial charge is 0.456 e. The van der Waals surface area contributed by atoms with E-state index in [1.54, 1.807) is 0 Å². The highest BCUT2D eigenvalue weighted by atomic mass is 19.4. The van der Waals surface area contributed by atoms with Gasteiger partial charge in [0.25, 0.3) is 0 Å². The summed E-state index contributed by atoms with van der Waals surface area (Å²) < 4.78 is 60.4. The van der Waals surface area contributed by atoms with Crippen LogP contribution in [0.1, 0.15) is 22.3 Å². The van der Waals surface area contributed by atoms with E-state index < -0.39 is 29.6 Å². The van der Waals surface area contributed by atoms with Crippen molar-refractivity contribution in [3.63, 3.8) is 0 Å². The van der Waals surface area contributed by atoms with Gasteiger partial charge in [-0.25, -0.2) is 9.18 Å². The third-order valence-corrected chi connectivity index (χ3v) is 2.67. The van der Waals surface area contributed by atoms with Gasteiger partial charge in [0, 0.05) is 6.42 Å². The molecule has 104 valence electrons. The van der Waals surface area contributed by atoms with Crippen molar-refractivity contribution >= 4 is 5.97 Å². The van der Waals surface area contributed by atoms with Gasteiger partial charge in [-0.15, -0.1) is 0 Å². The van der Waals surface area contributed by atoms with Gasteiger partial charge < -0.3 is 9.47 Å². The fourth-order valence-electron chi connectivity index (χ4n) is 1.69. The maximum atomic E-state index is 13.0. The molecule has 0 bridgehead atoms. The lowest BCUT2D eigenvalue weighted by atomic mass is 10.1. The highest BCUT2D eigenvalue weighted by Crippen LogP contribution is 2.32. The van der Waals surface area contributed by atoms with Gasteiger partial charge in [0.1, 0.15) is 11.9 Å². The maximum absolute atomic E-state index is 13.0. The number of alkyl halides is 3. The molecule has 1 aliphatic rings. The molecule has 1 atom stereocenters. The highest BCUT2D eigenvalue weighted by Gasteiger charge is 2.35. The van der Waals surface area contributed by atoms with E-state index in [0.717, 1.165) is 6.07 Å². The molecular weight excluding hydrogens is 268 g/mol. The van der Waals surface area contributed by atoms with Gasteiger partial charge in [0.05, 0.1) is 24.3 Å². The van der Waals surface area contributed by atoms with Gasteiger partial charge in [-0.05, 0) is 18.2 Å². The van der Waals surface area contributed by atoms with E-state index in [4.69, 9.17) is 9.47 Å². The van der Waals surface area contributed by atoms with Crippen molar-refractivity contribution in [2.24, 2.45) is 0 Å². The van der Waals surface area contributed by atoms with Crippen LogP contribution in [0.3, 0.4) is 0 Å². The average Bonchev–Trinajstić information content (AvgIpc) is 2.80. The Morgan fingerprint density at radius 3 is 2.68 bits per heavy atom. The Labute approximate surface area is 106 Å². The van der Waals surface area contributed by atoms with Crippen LogP contribution in [0.4, 0.5) is 17.6 Å². The fraction of sp³-hybridized carbons (Fsp3) is 0.417. The van der Waals surface area contributed by atoms with Crippen molar-refractivity contribution < 1.29 is 31.8 Å². The van der Waals surface area contributed by atoms with E-state index in [-0.39, 0.29) is 12.2 Å². The number of esters is 1. The molecule has 1 fully saturated rings. The van der Waals surface area contributed by atoms with Gasteiger partial charge in [-0.3, -0.25) is 0 Å². The van der Waals surface area contributed by atoms with E-state index in [2.05, 4.69) is 0 Å². The molecule has 1 saturated heterocycles. The highest BCUT2D eigenvalue weighted by molar-refractivity contribution is 5.89. The molecule has 1 aliphatic heterocycles. The molecule has 2 rings (SSSR count). The molecular formula is C12H10F4O3. The second-order valence-corrected chi connectivity index (χ2v) is 4.08. The first-order chi connectivity index (χ1) is 8.88. The summed E-state index contributed by atoms with van der Waals surface area (Å²) >= 11 is 0. The van der Waals surface area contributed by atoms with Crippen molar-refractivity contribution in [3.8, 4) is 0 Å². The van der Waals surface area contributed by atoms with Crippen LogP contribution in [0.25, 0.3) is 0 Å². The van der Waals surface area contributed by atoms with Gasteiger partial charge >= 0.3 is 12.1 Å². The summed E-state index contributed by atoms with van der Waals surface area (Å²) in [5.41, 5.74) is -1.81. The van der Waals surface area contributed by atoms with Crippen molar-refractivity contribution in [3.05, 3.63) is 35.1 Å². The van der Waals surface area contributed by atoms with Crippen LogP contribution < -0.4 is 0 Å². The number of carbonyl (C=O) groups is 1. The van der Waals surface area contributed by atoms with E-state index in [9.17, 15) is 22.4 Å². The van der Waals surface area contributed by atoms with Crippen LogP contribution >= 0.6 is 0 Å². The molecule has 0 spiro atoms. The van der Waals surface area contributed by atoms with Crippen LogP contribution in [0.15, 0.2) is 18.2 Å². The molecule has 3 nitrogen and oxygen atoms in total. The number of hydrogen-bond donors (Lipinski definition) is 0. The normalized spacial score (nSPS) is 19.5. The molecule has 0 saturated carbocycles. The van der Waals surface area contributed by atoms with Gasteiger partial charge in [0.15, 0.2) is 0 Å². The third kappa shape index (κ3) is 3.23. The van der Waals surface area contributed by atoms with Gasteiger partial charge in [-0.1, -0.05) is 0 Å². The van der Waals surface area contributed by atoms with Crippen molar-refractivity contribution in [1.29, 1.82) is 0 Å². The second kappa shape index (κ2) is 5.16. The van der Waals surface area contributed by atoms with Crippen molar-refractivity contribution in [2.45, 2.75) is 18.7 Å². The third-order valence-electron chi connectivity index (χ3n) is 2.67. The summed E-state index contributed by atoms with van der Waals surface area (Å²) in [6, 6.07) is 2.01. The second-order valence-electron chi connectivity index (χ2n) is 4.08. The molecule has 0 aliphatic carbocycles. The molecule has 0 amide bonds. The molecule has 19 heavy (non-hydrogen) atoms. The Balaban J connectivity index is 2.18. The Morgan fingerprint density at radius 1 is 1.37 bits per heavy atom. The molecule has 7 heteroatoms. The Kier molecular flexibility index (Phi) is 3.75.